The van der Waals surface area contributed by atoms with Crippen LogP contribution in [0.3, 0.4) is 0 Å². The first-order valence-electron chi connectivity index (χ1n) is 11.0. The van der Waals surface area contributed by atoms with Crippen molar-refractivity contribution in [2.24, 2.45) is 0 Å². The lowest BCUT2D eigenvalue weighted by atomic mass is 10.1. The summed E-state index contributed by atoms with van der Waals surface area (Å²) in [6.45, 7) is 8.10. The highest BCUT2D eigenvalue weighted by Crippen LogP contribution is 2.23. The standard InChI is InChI=1S/C23H31N5O3/c1-17-14-27(22-24-12-20(29)13-25-22)15-18(2)28(17)23(30)31-21-8-10-26(11-9-21)16-19-6-4-3-5-7-19/h3-7,12-13,17-18,21,29H,8-11,14-16H2,1-2H3/t17-,18+. The van der Waals surface area contributed by atoms with E-state index in [-0.39, 0.29) is 30.0 Å². The van der Waals surface area contributed by atoms with Crippen molar-refractivity contribution in [2.45, 2.75) is 51.4 Å². The van der Waals surface area contributed by atoms with Crippen molar-refractivity contribution >= 4 is 12.0 Å². The van der Waals surface area contributed by atoms with Crippen molar-refractivity contribution in [2.75, 3.05) is 31.1 Å². The van der Waals surface area contributed by atoms with Crippen LogP contribution in [0, 0.1) is 0 Å². The molecule has 2 aliphatic rings. The van der Waals surface area contributed by atoms with Crippen molar-refractivity contribution < 1.29 is 14.6 Å². The van der Waals surface area contributed by atoms with E-state index in [2.05, 4.69) is 39.1 Å². The van der Waals surface area contributed by atoms with Gasteiger partial charge in [0.25, 0.3) is 0 Å². The molecule has 8 heteroatoms. The highest BCUT2D eigenvalue weighted by atomic mass is 16.6. The Hall–Kier alpha value is -2.87. The topological polar surface area (TPSA) is 82.0 Å². The average molecular weight is 426 g/mol. The van der Waals surface area contributed by atoms with E-state index in [9.17, 15) is 9.90 Å². The van der Waals surface area contributed by atoms with Gasteiger partial charge < -0.3 is 14.7 Å². The van der Waals surface area contributed by atoms with Crippen LogP contribution >= 0.6 is 0 Å². The molecule has 1 aromatic carbocycles. The first-order valence-corrected chi connectivity index (χ1v) is 11.0. The van der Waals surface area contributed by atoms with Crippen LogP contribution in [0.25, 0.3) is 0 Å². The summed E-state index contributed by atoms with van der Waals surface area (Å²) < 4.78 is 5.90. The summed E-state index contributed by atoms with van der Waals surface area (Å²) in [5.41, 5.74) is 1.32. The number of benzene rings is 1. The number of carbonyl (C=O) groups is 1. The lowest BCUT2D eigenvalue weighted by Gasteiger charge is -2.44. The largest absolute Gasteiger partial charge is 0.505 e. The average Bonchev–Trinajstić information content (AvgIpc) is 2.76. The molecule has 4 rings (SSSR count). The molecule has 166 valence electrons. The molecule has 2 atom stereocenters. The second-order valence-electron chi connectivity index (χ2n) is 8.60. The van der Waals surface area contributed by atoms with Gasteiger partial charge in [0.2, 0.25) is 5.95 Å². The summed E-state index contributed by atoms with van der Waals surface area (Å²) >= 11 is 0. The number of hydrogen-bond acceptors (Lipinski definition) is 7. The number of rotatable bonds is 4. The molecule has 2 saturated heterocycles. The van der Waals surface area contributed by atoms with Crippen LogP contribution in [-0.2, 0) is 11.3 Å². The van der Waals surface area contributed by atoms with Gasteiger partial charge >= 0.3 is 6.09 Å². The van der Waals surface area contributed by atoms with Gasteiger partial charge in [0, 0.05) is 32.7 Å². The number of aromatic nitrogens is 2. The third kappa shape index (κ3) is 5.25. The van der Waals surface area contributed by atoms with E-state index in [1.807, 2.05) is 29.7 Å². The van der Waals surface area contributed by atoms with Gasteiger partial charge in [0.05, 0.1) is 24.5 Å². The third-order valence-electron chi connectivity index (χ3n) is 6.09. The number of ether oxygens (including phenoxy) is 1. The molecular formula is C23H31N5O3. The molecule has 2 aromatic rings. The molecule has 31 heavy (non-hydrogen) atoms. The lowest BCUT2D eigenvalue weighted by molar-refractivity contribution is 0.00996. The molecule has 0 unspecified atom stereocenters. The molecule has 1 amide bonds. The minimum Gasteiger partial charge on any atom is -0.505 e. The maximum atomic E-state index is 13.0. The van der Waals surface area contributed by atoms with Crippen molar-refractivity contribution in [3.05, 3.63) is 48.3 Å². The summed E-state index contributed by atoms with van der Waals surface area (Å²) in [5, 5.41) is 9.40. The number of piperazine rings is 1. The monoisotopic (exact) mass is 425 g/mol. The molecule has 0 spiro atoms. The quantitative estimate of drug-likeness (QED) is 0.807. The maximum Gasteiger partial charge on any atom is 0.410 e. The Morgan fingerprint density at radius 2 is 1.68 bits per heavy atom. The fraction of sp³-hybridized carbons (Fsp3) is 0.522. The molecule has 3 heterocycles. The molecule has 0 radical (unpaired) electrons. The van der Waals surface area contributed by atoms with Crippen molar-refractivity contribution in [3.63, 3.8) is 0 Å². The van der Waals surface area contributed by atoms with E-state index in [1.165, 1.54) is 18.0 Å². The first-order chi connectivity index (χ1) is 15.0. The van der Waals surface area contributed by atoms with Crippen LogP contribution in [-0.4, -0.2) is 75.3 Å². The van der Waals surface area contributed by atoms with Crippen LogP contribution < -0.4 is 4.90 Å². The molecule has 1 N–H and O–H groups in total. The van der Waals surface area contributed by atoms with E-state index < -0.39 is 0 Å². The Labute approximate surface area is 183 Å². The number of likely N-dealkylation sites (tertiary alicyclic amines) is 1. The van der Waals surface area contributed by atoms with Gasteiger partial charge in [0.15, 0.2) is 5.75 Å². The highest BCUT2D eigenvalue weighted by Gasteiger charge is 2.36. The Bertz CT molecular complexity index is 843. The number of amides is 1. The van der Waals surface area contributed by atoms with E-state index >= 15 is 0 Å². The summed E-state index contributed by atoms with van der Waals surface area (Å²) in [6, 6.07) is 10.4. The van der Waals surface area contributed by atoms with Crippen LogP contribution in [0.4, 0.5) is 10.7 Å². The molecular weight excluding hydrogens is 394 g/mol. The highest BCUT2D eigenvalue weighted by molar-refractivity contribution is 5.69. The first kappa shape index (κ1) is 21.4. The minimum absolute atomic E-state index is 0.0215. The van der Waals surface area contributed by atoms with Crippen molar-refractivity contribution in [1.29, 1.82) is 0 Å². The predicted molar refractivity (Wildman–Crippen MR) is 118 cm³/mol. The zero-order valence-corrected chi connectivity index (χ0v) is 18.2. The number of aromatic hydroxyl groups is 1. The van der Waals surface area contributed by atoms with Crippen LogP contribution in [0.1, 0.15) is 32.3 Å². The van der Waals surface area contributed by atoms with E-state index in [4.69, 9.17) is 4.74 Å². The SMILES string of the molecule is C[C@@H]1CN(c2ncc(O)cn2)C[C@H](C)N1C(=O)OC1CCN(Cc2ccccc2)CC1. The van der Waals surface area contributed by atoms with Crippen molar-refractivity contribution in [3.8, 4) is 5.75 Å². The van der Waals surface area contributed by atoms with E-state index in [1.54, 1.807) is 0 Å². The number of anilines is 1. The predicted octanol–water partition coefficient (Wildman–Crippen LogP) is 2.88. The van der Waals surface area contributed by atoms with Crippen LogP contribution in [0.5, 0.6) is 5.75 Å². The summed E-state index contributed by atoms with van der Waals surface area (Å²) in [6.07, 6.45) is 4.25. The summed E-state index contributed by atoms with van der Waals surface area (Å²) in [5.74, 6) is 0.609. The minimum atomic E-state index is -0.229. The van der Waals surface area contributed by atoms with E-state index in [0.717, 1.165) is 32.5 Å². The Kier molecular flexibility index (Phi) is 6.56. The van der Waals surface area contributed by atoms with Gasteiger partial charge in [-0.25, -0.2) is 14.8 Å². The fourth-order valence-electron chi connectivity index (χ4n) is 4.55. The van der Waals surface area contributed by atoms with Crippen LogP contribution in [0.2, 0.25) is 0 Å². The number of carbonyl (C=O) groups excluding carboxylic acids is 1. The molecule has 2 fully saturated rings. The molecule has 0 aliphatic carbocycles. The Balaban J connectivity index is 1.27. The number of hydrogen-bond donors (Lipinski definition) is 1. The molecule has 2 aliphatic heterocycles. The maximum absolute atomic E-state index is 13.0. The van der Waals surface area contributed by atoms with Gasteiger partial charge in [-0.05, 0) is 32.3 Å². The second kappa shape index (κ2) is 9.51. The van der Waals surface area contributed by atoms with Gasteiger partial charge in [-0.3, -0.25) is 9.80 Å². The zero-order valence-electron chi connectivity index (χ0n) is 18.2. The van der Waals surface area contributed by atoms with Gasteiger partial charge in [-0.15, -0.1) is 0 Å². The van der Waals surface area contributed by atoms with Crippen LogP contribution in [0.15, 0.2) is 42.7 Å². The Morgan fingerprint density at radius 1 is 1.06 bits per heavy atom. The summed E-state index contributed by atoms with van der Waals surface area (Å²) in [7, 11) is 0. The number of nitrogens with zero attached hydrogens (tertiary/aromatic N) is 5. The van der Waals surface area contributed by atoms with Gasteiger partial charge in [-0.2, -0.15) is 0 Å². The molecule has 8 nitrogen and oxygen atoms in total. The number of piperidine rings is 1. The fourth-order valence-corrected chi connectivity index (χ4v) is 4.55. The molecule has 1 aromatic heterocycles. The van der Waals surface area contributed by atoms with Gasteiger partial charge in [-0.1, -0.05) is 30.3 Å². The Morgan fingerprint density at radius 3 is 2.29 bits per heavy atom. The summed E-state index contributed by atoms with van der Waals surface area (Å²) in [4.78, 5) is 27.6. The van der Waals surface area contributed by atoms with Gasteiger partial charge in [0.1, 0.15) is 6.10 Å². The second-order valence-corrected chi connectivity index (χ2v) is 8.60. The molecule has 0 bridgehead atoms. The smallest absolute Gasteiger partial charge is 0.410 e. The normalized spacial score (nSPS) is 23.0. The lowest BCUT2D eigenvalue weighted by Crippen LogP contribution is -2.59. The molecule has 0 saturated carbocycles. The van der Waals surface area contributed by atoms with E-state index in [0.29, 0.717) is 19.0 Å². The van der Waals surface area contributed by atoms with Crippen molar-refractivity contribution in [1.82, 2.24) is 19.8 Å². The third-order valence-corrected chi connectivity index (χ3v) is 6.09. The zero-order chi connectivity index (χ0) is 21.8.